The van der Waals surface area contributed by atoms with Gasteiger partial charge in [-0.2, -0.15) is 0 Å². The number of aryl methyl sites for hydroxylation is 1. The maximum Gasteiger partial charge on any atom is 0.261 e. The van der Waals surface area contributed by atoms with Crippen LogP contribution in [0.4, 0.5) is 10.8 Å². The van der Waals surface area contributed by atoms with Crippen molar-refractivity contribution < 1.29 is 9.59 Å². The van der Waals surface area contributed by atoms with Crippen LogP contribution in [0.2, 0.25) is 0 Å². The number of para-hydroxylation sites is 1. The topological polar surface area (TPSA) is 106 Å². The lowest BCUT2D eigenvalue weighted by molar-refractivity contribution is -0.116. The molecular formula is C21H17N5O3S. The van der Waals surface area contributed by atoms with Crippen LogP contribution in [0.25, 0.3) is 10.9 Å². The largest absolute Gasteiger partial charge is 0.325 e. The number of amides is 2. The molecule has 0 bridgehead atoms. The Balaban J connectivity index is 1.43. The maximum atomic E-state index is 12.6. The van der Waals surface area contributed by atoms with Crippen molar-refractivity contribution in [3.05, 3.63) is 81.8 Å². The van der Waals surface area contributed by atoms with Gasteiger partial charge in [-0.1, -0.05) is 12.1 Å². The van der Waals surface area contributed by atoms with E-state index >= 15 is 0 Å². The van der Waals surface area contributed by atoms with Gasteiger partial charge in [0.15, 0.2) is 5.13 Å². The quantitative estimate of drug-likeness (QED) is 0.517. The van der Waals surface area contributed by atoms with Crippen molar-refractivity contribution in [2.24, 2.45) is 0 Å². The molecule has 0 aliphatic rings. The van der Waals surface area contributed by atoms with Crippen LogP contribution in [0.3, 0.4) is 0 Å². The van der Waals surface area contributed by atoms with Gasteiger partial charge in [0.1, 0.15) is 6.54 Å². The van der Waals surface area contributed by atoms with Crippen LogP contribution in [-0.2, 0) is 11.3 Å². The molecule has 0 unspecified atom stereocenters. The Labute approximate surface area is 175 Å². The van der Waals surface area contributed by atoms with Gasteiger partial charge in [-0.25, -0.2) is 9.97 Å². The van der Waals surface area contributed by atoms with Crippen molar-refractivity contribution in [2.45, 2.75) is 13.5 Å². The number of rotatable bonds is 5. The first-order valence-electron chi connectivity index (χ1n) is 9.07. The summed E-state index contributed by atoms with van der Waals surface area (Å²) in [5, 5.41) is 8.17. The number of benzene rings is 2. The summed E-state index contributed by atoms with van der Waals surface area (Å²) in [5.41, 5.74) is 2.22. The number of carbonyl (C=O) groups is 2. The highest BCUT2D eigenvalue weighted by Gasteiger charge is 2.11. The number of nitrogens with zero attached hydrogens (tertiary/aromatic N) is 3. The zero-order chi connectivity index (χ0) is 21.1. The second-order valence-electron chi connectivity index (χ2n) is 6.57. The molecule has 0 spiro atoms. The number of thiazole rings is 1. The summed E-state index contributed by atoms with van der Waals surface area (Å²) in [5.74, 6) is -0.655. The lowest BCUT2D eigenvalue weighted by Gasteiger charge is -2.09. The number of hydrogen-bond acceptors (Lipinski definition) is 6. The van der Waals surface area contributed by atoms with Crippen molar-refractivity contribution in [3.8, 4) is 0 Å². The van der Waals surface area contributed by atoms with Crippen LogP contribution in [0.1, 0.15) is 15.9 Å². The molecule has 4 rings (SSSR count). The highest BCUT2D eigenvalue weighted by atomic mass is 32.1. The Hall–Kier alpha value is -3.85. The van der Waals surface area contributed by atoms with Gasteiger partial charge in [-0.15, -0.1) is 11.3 Å². The highest BCUT2D eigenvalue weighted by molar-refractivity contribution is 7.13. The summed E-state index contributed by atoms with van der Waals surface area (Å²) >= 11 is 1.33. The summed E-state index contributed by atoms with van der Waals surface area (Å²) in [6.45, 7) is 1.72. The molecule has 2 aromatic heterocycles. The SMILES string of the molecule is Cc1cccc2c(=O)n(CC(=O)Nc3ccc(C(=O)Nc4nccs4)cc3)cnc12. The molecule has 0 radical (unpaired) electrons. The number of fused-ring (bicyclic) bond motifs is 1. The molecule has 0 saturated carbocycles. The van der Waals surface area contributed by atoms with Crippen molar-refractivity contribution in [3.63, 3.8) is 0 Å². The minimum Gasteiger partial charge on any atom is -0.325 e. The minimum absolute atomic E-state index is 0.165. The predicted molar refractivity (Wildman–Crippen MR) is 116 cm³/mol. The second kappa shape index (κ2) is 8.26. The molecule has 2 N–H and O–H groups in total. The van der Waals surface area contributed by atoms with Crippen LogP contribution in [0, 0.1) is 6.92 Å². The van der Waals surface area contributed by atoms with Gasteiger partial charge in [0.25, 0.3) is 11.5 Å². The molecule has 8 nitrogen and oxygen atoms in total. The number of hydrogen-bond donors (Lipinski definition) is 2. The average Bonchev–Trinajstić information content (AvgIpc) is 3.24. The molecule has 0 saturated heterocycles. The molecule has 4 aromatic rings. The Morgan fingerprint density at radius 2 is 1.87 bits per heavy atom. The van der Waals surface area contributed by atoms with Gasteiger partial charge < -0.3 is 5.32 Å². The van der Waals surface area contributed by atoms with Crippen molar-refractivity contribution >= 4 is 44.9 Å². The number of aromatic nitrogens is 3. The Kier molecular flexibility index (Phi) is 5.36. The Morgan fingerprint density at radius 1 is 1.07 bits per heavy atom. The van der Waals surface area contributed by atoms with Crippen LogP contribution >= 0.6 is 11.3 Å². The summed E-state index contributed by atoms with van der Waals surface area (Å²) in [4.78, 5) is 45.5. The fourth-order valence-corrected chi connectivity index (χ4v) is 3.49. The van der Waals surface area contributed by atoms with Crippen molar-refractivity contribution in [1.29, 1.82) is 0 Å². The third-order valence-corrected chi connectivity index (χ3v) is 5.14. The molecule has 0 atom stereocenters. The molecule has 2 heterocycles. The summed E-state index contributed by atoms with van der Waals surface area (Å²) in [7, 11) is 0. The Morgan fingerprint density at radius 3 is 2.60 bits per heavy atom. The molecule has 30 heavy (non-hydrogen) atoms. The van der Waals surface area contributed by atoms with E-state index in [1.165, 1.54) is 22.2 Å². The smallest absolute Gasteiger partial charge is 0.261 e. The average molecular weight is 419 g/mol. The standard InChI is InChI=1S/C21H17N5O3S/c1-13-3-2-4-16-18(13)23-12-26(20(16)29)11-17(27)24-15-7-5-14(6-8-15)19(28)25-21-22-9-10-30-21/h2-10,12H,11H2,1H3,(H,24,27)(H,22,25,28). The van der Waals surface area contributed by atoms with E-state index in [1.807, 2.05) is 13.0 Å². The highest BCUT2D eigenvalue weighted by Crippen LogP contribution is 2.15. The molecular weight excluding hydrogens is 402 g/mol. The zero-order valence-corrected chi connectivity index (χ0v) is 16.8. The second-order valence-corrected chi connectivity index (χ2v) is 7.46. The monoisotopic (exact) mass is 419 g/mol. The van der Waals surface area contributed by atoms with Crippen LogP contribution in [0.5, 0.6) is 0 Å². The molecule has 0 aliphatic carbocycles. The fraction of sp³-hybridized carbons (Fsp3) is 0.0952. The summed E-state index contributed by atoms with van der Waals surface area (Å²) < 4.78 is 1.27. The van der Waals surface area contributed by atoms with E-state index in [4.69, 9.17) is 0 Å². The number of carbonyl (C=O) groups excluding carboxylic acids is 2. The first-order valence-corrected chi connectivity index (χ1v) is 9.95. The van der Waals surface area contributed by atoms with Crippen LogP contribution in [0.15, 0.2) is 65.2 Å². The summed E-state index contributed by atoms with van der Waals surface area (Å²) in [6, 6.07) is 11.8. The zero-order valence-electron chi connectivity index (χ0n) is 16.0. The lowest BCUT2D eigenvalue weighted by atomic mass is 10.1. The molecule has 0 aliphatic heterocycles. The number of nitrogens with one attached hydrogen (secondary N) is 2. The van der Waals surface area contributed by atoms with E-state index in [0.29, 0.717) is 27.3 Å². The molecule has 2 aromatic carbocycles. The lowest BCUT2D eigenvalue weighted by Crippen LogP contribution is -2.28. The summed E-state index contributed by atoms with van der Waals surface area (Å²) in [6.07, 6.45) is 2.99. The van der Waals surface area contributed by atoms with Gasteiger partial charge in [0.05, 0.1) is 17.2 Å². The molecule has 0 fully saturated rings. The van der Waals surface area contributed by atoms with Crippen molar-refractivity contribution in [2.75, 3.05) is 10.6 Å². The predicted octanol–water partition coefficient (Wildman–Crippen LogP) is 3.05. The molecule has 150 valence electrons. The van der Waals surface area contributed by atoms with Gasteiger partial charge in [0, 0.05) is 22.8 Å². The van der Waals surface area contributed by atoms with E-state index in [2.05, 4.69) is 20.6 Å². The van der Waals surface area contributed by atoms with Gasteiger partial charge in [-0.05, 0) is 42.8 Å². The minimum atomic E-state index is -0.370. The number of anilines is 2. The van der Waals surface area contributed by atoms with Crippen molar-refractivity contribution in [1.82, 2.24) is 14.5 Å². The van der Waals surface area contributed by atoms with Gasteiger partial charge in [-0.3, -0.25) is 24.3 Å². The third kappa shape index (κ3) is 4.11. The van der Waals surface area contributed by atoms with E-state index < -0.39 is 0 Å². The van der Waals surface area contributed by atoms with Crippen LogP contribution < -0.4 is 16.2 Å². The maximum absolute atomic E-state index is 12.6. The van der Waals surface area contributed by atoms with E-state index in [0.717, 1.165) is 5.56 Å². The first-order chi connectivity index (χ1) is 14.5. The van der Waals surface area contributed by atoms with Gasteiger partial charge in [0.2, 0.25) is 5.91 Å². The fourth-order valence-electron chi connectivity index (χ4n) is 2.96. The van der Waals surface area contributed by atoms with Crippen LogP contribution in [-0.4, -0.2) is 26.3 Å². The normalized spacial score (nSPS) is 10.7. The molecule has 2 amide bonds. The first kappa shape index (κ1) is 19.5. The van der Waals surface area contributed by atoms with E-state index in [-0.39, 0.29) is 23.9 Å². The molecule has 9 heteroatoms. The van der Waals surface area contributed by atoms with E-state index in [9.17, 15) is 14.4 Å². The van der Waals surface area contributed by atoms with Gasteiger partial charge >= 0.3 is 0 Å². The third-order valence-electron chi connectivity index (χ3n) is 4.45. The van der Waals surface area contributed by atoms with E-state index in [1.54, 1.807) is 48.0 Å². The Bertz CT molecular complexity index is 1280.